The van der Waals surface area contributed by atoms with E-state index < -0.39 is 5.41 Å². The standard InChI is InChI=1S/C32H48N6O5/c1-23(2)30-35-15-17-38(30)16-5-12-36-31(41)32(19-24-7-8-24)20-25-9-10-26(42-3)27(18-25)43-21-29(40)34-14-13-33-11-4-6-28(39)37-22-32/h9-10,15,17-18,23-24,33H,4-8,11-14,16,19-22H2,1-3H3,(H,34,40)(H,36,41)(H,37,39). The quantitative estimate of drug-likeness (QED) is 0.327. The molecule has 2 bridgehead atoms. The Morgan fingerprint density at radius 3 is 2.79 bits per heavy atom. The summed E-state index contributed by atoms with van der Waals surface area (Å²) in [7, 11) is 1.56. The van der Waals surface area contributed by atoms with Crippen molar-refractivity contribution in [2.45, 2.75) is 71.3 Å². The summed E-state index contributed by atoms with van der Waals surface area (Å²) in [5.41, 5.74) is 0.0496. The summed E-state index contributed by atoms with van der Waals surface area (Å²) in [5.74, 6) is 2.42. The molecule has 0 radical (unpaired) electrons. The predicted octanol–water partition coefficient (Wildman–Crippen LogP) is 2.55. The van der Waals surface area contributed by atoms with Crippen LogP contribution in [-0.2, 0) is 27.3 Å². The average Bonchev–Trinajstić information content (AvgIpc) is 3.67. The molecule has 1 unspecified atom stereocenters. The van der Waals surface area contributed by atoms with E-state index in [0.29, 0.717) is 75.2 Å². The molecular formula is C32H48N6O5. The van der Waals surface area contributed by atoms with E-state index in [1.807, 2.05) is 24.5 Å². The van der Waals surface area contributed by atoms with Crippen LogP contribution >= 0.6 is 0 Å². The van der Waals surface area contributed by atoms with Crippen molar-refractivity contribution in [1.82, 2.24) is 30.8 Å². The number of carbonyl (C=O) groups is 3. The van der Waals surface area contributed by atoms with E-state index in [4.69, 9.17) is 9.47 Å². The summed E-state index contributed by atoms with van der Waals surface area (Å²) in [4.78, 5) is 43.8. The van der Waals surface area contributed by atoms with Gasteiger partial charge in [-0.15, -0.1) is 0 Å². The van der Waals surface area contributed by atoms with Crippen molar-refractivity contribution in [3.63, 3.8) is 0 Å². The normalized spacial score (nSPS) is 20.7. The second kappa shape index (κ2) is 15.7. The molecule has 1 aliphatic carbocycles. The minimum atomic E-state index is -0.832. The van der Waals surface area contributed by atoms with E-state index in [1.54, 1.807) is 13.2 Å². The summed E-state index contributed by atoms with van der Waals surface area (Å²) >= 11 is 0. The van der Waals surface area contributed by atoms with Crippen LogP contribution in [0.2, 0.25) is 0 Å². The Labute approximate surface area is 254 Å². The molecule has 11 heteroatoms. The van der Waals surface area contributed by atoms with Crippen molar-refractivity contribution in [3.8, 4) is 11.5 Å². The Kier molecular flexibility index (Phi) is 11.8. The highest BCUT2D eigenvalue weighted by Gasteiger charge is 2.43. The highest BCUT2D eigenvalue weighted by atomic mass is 16.5. The maximum absolute atomic E-state index is 14.1. The number of methoxy groups -OCH3 is 1. The van der Waals surface area contributed by atoms with Crippen LogP contribution in [0.25, 0.3) is 0 Å². The first-order chi connectivity index (χ1) is 20.8. The zero-order chi connectivity index (χ0) is 30.7. The molecule has 0 spiro atoms. The van der Waals surface area contributed by atoms with E-state index in [-0.39, 0.29) is 30.9 Å². The van der Waals surface area contributed by atoms with Gasteiger partial charge < -0.3 is 35.3 Å². The van der Waals surface area contributed by atoms with E-state index >= 15 is 0 Å². The predicted molar refractivity (Wildman–Crippen MR) is 164 cm³/mol. The summed E-state index contributed by atoms with van der Waals surface area (Å²) in [6.07, 6.45) is 8.87. The number of fused-ring (bicyclic) bond motifs is 2. The number of aryl methyl sites for hydroxylation is 1. The second-order valence-corrected chi connectivity index (χ2v) is 12.1. The largest absolute Gasteiger partial charge is 0.493 e. The molecule has 1 saturated carbocycles. The number of hydrogen-bond donors (Lipinski definition) is 4. The van der Waals surface area contributed by atoms with Crippen molar-refractivity contribution in [2.24, 2.45) is 11.3 Å². The van der Waals surface area contributed by atoms with Crippen molar-refractivity contribution in [1.29, 1.82) is 0 Å². The number of imidazole rings is 1. The first-order valence-corrected chi connectivity index (χ1v) is 15.6. The van der Waals surface area contributed by atoms with Crippen molar-refractivity contribution >= 4 is 17.7 Å². The molecule has 4 rings (SSSR count). The van der Waals surface area contributed by atoms with E-state index in [9.17, 15) is 14.4 Å². The average molecular weight is 597 g/mol. The molecule has 0 saturated heterocycles. The monoisotopic (exact) mass is 596 g/mol. The number of ether oxygens (including phenoxy) is 2. The number of hydrogen-bond acceptors (Lipinski definition) is 7. The molecule has 1 aromatic carbocycles. The van der Waals surface area contributed by atoms with E-state index in [0.717, 1.165) is 37.2 Å². The zero-order valence-electron chi connectivity index (χ0n) is 25.9. The van der Waals surface area contributed by atoms with E-state index in [2.05, 4.69) is 44.7 Å². The maximum atomic E-state index is 14.1. The highest BCUT2D eigenvalue weighted by molar-refractivity contribution is 5.84. The SMILES string of the molecule is COc1ccc2cc1OCC(=O)NCCNCCCC(=O)NCC(CC1CC1)(C(=O)NCCCn1ccnc1C(C)C)C2. The molecular weight excluding hydrogens is 548 g/mol. The third-order valence-corrected chi connectivity index (χ3v) is 8.12. The van der Waals surface area contributed by atoms with Gasteiger partial charge in [-0.05, 0) is 55.8 Å². The first kappa shape index (κ1) is 32.3. The van der Waals surface area contributed by atoms with Gasteiger partial charge in [0.25, 0.3) is 5.91 Å². The highest BCUT2D eigenvalue weighted by Crippen LogP contribution is 2.43. The number of aromatic nitrogens is 2. The zero-order valence-corrected chi connectivity index (χ0v) is 25.9. The fourth-order valence-corrected chi connectivity index (χ4v) is 5.66. The lowest BCUT2D eigenvalue weighted by Gasteiger charge is -2.33. The van der Waals surface area contributed by atoms with Crippen LogP contribution in [0, 0.1) is 11.3 Å². The fraction of sp³-hybridized carbons (Fsp3) is 0.625. The van der Waals surface area contributed by atoms with Gasteiger partial charge in [0, 0.05) is 57.5 Å². The van der Waals surface area contributed by atoms with Crippen LogP contribution in [0.1, 0.15) is 69.7 Å². The van der Waals surface area contributed by atoms with Gasteiger partial charge in [-0.25, -0.2) is 4.98 Å². The van der Waals surface area contributed by atoms with Gasteiger partial charge in [-0.2, -0.15) is 0 Å². The number of benzene rings is 1. The van der Waals surface area contributed by atoms with Crippen LogP contribution in [0.15, 0.2) is 30.6 Å². The lowest BCUT2D eigenvalue weighted by Crippen LogP contribution is -2.50. The maximum Gasteiger partial charge on any atom is 0.257 e. The Balaban J connectivity index is 1.54. The number of amides is 3. The van der Waals surface area contributed by atoms with Gasteiger partial charge in [-0.1, -0.05) is 32.8 Å². The van der Waals surface area contributed by atoms with Gasteiger partial charge in [0.05, 0.1) is 12.5 Å². The topological polar surface area (TPSA) is 136 Å². The molecule has 43 heavy (non-hydrogen) atoms. The van der Waals surface area contributed by atoms with Gasteiger partial charge >= 0.3 is 0 Å². The van der Waals surface area contributed by atoms with E-state index in [1.165, 1.54) is 0 Å². The minimum Gasteiger partial charge on any atom is -0.493 e. The van der Waals surface area contributed by atoms with Crippen molar-refractivity contribution in [3.05, 3.63) is 42.0 Å². The summed E-state index contributed by atoms with van der Waals surface area (Å²) < 4.78 is 13.5. The Hall–Kier alpha value is -3.60. The molecule has 4 N–H and O–H groups in total. The second-order valence-electron chi connectivity index (χ2n) is 12.1. The molecule has 11 nitrogen and oxygen atoms in total. The lowest BCUT2D eigenvalue weighted by atomic mass is 9.75. The molecule has 2 aromatic rings. The Morgan fingerprint density at radius 2 is 2.02 bits per heavy atom. The summed E-state index contributed by atoms with van der Waals surface area (Å²) in [6, 6.07) is 5.58. The van der Waals surface area contributed by atoms with Crippen LogP contribution in [-0.4, -0.2) is 73.7 Å². The molecule has 1 aromatic heterocycles. The Morgan fingerprint density at radius 1 is 1.19 bits per heavy atom. The number of nitrogens with zero attached hydrogens (tertiary/aromatic N) is 2. The van der Waals surface area contributed by atoms with Crippen LogP contribution in [0.3, 0.4) is 0 Å². The van der Waals surface area contributed by atoms with Gasteiger partial charge in [-0.3, -0.25) is 14.4 Å². The molecule has 236 valence electrons. The molecule has 2 heterocycles. The van der Waals surface area contributed by atoms with Crippen molar-refractivity contribution < 1.29 is 23.9 Å². The van der Waals surface area contributed by atoms with Gasteiger partial charge in [0.2, 0.25) is 11.8 Å². The molecule has 2 aliphatic rings. The summed E-state index contributed by atoms with van der Waals surface area (Å²) in [6.45, 7) is 7.36. The minimum absolute atomic E-state index is 0.0526. The van der Waals surface area contributed by atoms with Gasteiger partial charge in [0.15, 0.2) is 18.1 Å². The number of nitrogens with one attached hydrogen (secondary N) is 4. The number of rotatable bonds is 9. The third-order valence-electron chi connectivity index (χ3n) is 8.12. The first-order valence-electron chi connectivity index (χ1n) is 15.6. The third kappa shape index (κ3) is 9.71. The van der Waals surface area contributed by atoms with Crippen LogP contribution < -0.4 is 30.7 Å². The van der Waals surface area contributed by atoms with Crippen molar-refractivity contribution in [2.75, 3.05) is 46.4 Å². The summed E-state index contributed by atoms with van der Waals surface area (Å²) in [5, 5.41) is 12.4. The smallest absolute Gasteiger partial charge is 0.257 e. The number of carbonyl (C=O) groups excluding carboxylic acids is 3. The molecule has 3 amide bonds. The van der Waals surface area contributed by atoms with Gasteiger partial charge in [0.1, 0.15) is 5.82 Å². The fourth-order valence-electron chi connectivity index (χ4n) is 5.66. The Bertz CT molecular complexity index is 1230. The van der Waals surface area contributed by atoms with Crippen LogP contribution in [0.5, 0.6) is 11.5 Å². The molecule has 1 fully saturated rings. The van der Waals surface area contributed by atoms with Crippen LogP contribution in [0.4, 0.5) is 0 Å². The lowest BCUT2D eigenvalue weighted by molar-refractivity contribution is -0.132. The molecule has 1 aliphatic heterocycles. The molecule has 1 atom stereocenters.